The molecule has 222 valence electrons. The Bertz CT molecular complexity index is 1680. The van der Waals surface area contributed by atoms with Crippen LogP contribution in [-0.4, -0.2) is 69.3 Å². The van der Waals surface area contributed by atoms with Crippen LogP contribution in [0.1, 0.15) is 76.6 Å². The van der Waals surface area contributed by atoms with Crippen molar-refractivity contribution in [2.45, 2.75) is 60.8 Å². The molecule has 1 unspecified atom stereocenters. The fourth-order valence-corrected chi connectivity index (χ4v) is 4.47. The maximum atomic E-state index is 13.4. The van der Waals surface area contributed by atoms with Crippen molar-refractivity contribution in [1.82, 2.24) is 44.4 Å². The van der Waals surface area contributed by atoms with E-state index in [1.165, 1.54) is 17.3 Å². The standard InChI is InChI=1S/C26H35N13O3/c1-7-29-25(32-23(41)19-10-14(4)34-36(19)8-2)39(28)16(6)38-22-18(12-17(13-30-22)21(27)40)31-26(38)33-24(42)20-11-15(5)35-37(20)9-3/h10-13,16H,7-9,28H2,1-6H3,(H2,27,40)(H,29,32,41)(H,31,33,42). The number of pyridine rings is 1. The van der Waals surface area contributed by atoms with Crippen LogP contribution in [0, 0.1) is 13.8 Å². The van der Waals surface area contributed by atoms with Gasteiger partial charge in [-0.25, -0.2) is 15.8 Å². The molecule has 0 radical (unpaired) electrons. The number of hydrogen-bond acceptors (Lipinski definition) is 9. The highest BCUT2D eigenvalue weighted by Crippen LogP contribution is 2.26. The molecule has 0 bridgehead atoms. The van der Waals surface area contributed by atoms with Gasteiger partial charge < -0.3 is 5.73 Å². The van der Waals surface area contributed by atoms with Gasteiger partial charge in [-0.1, -0.05) is 0 Å². The average molecular weight is 578 g/mol. The van der Waals surface area contributed by atoms with Crippen LogP contribution in [0.3, 0.4) is 0 Å². The molecular weight excluding hydrogens is 542 g/mol. The van der Waals surface area contributed by atoms with Gasteiger partial charge in [0.25, 0.3) is 11.8 Å². The molecule has 4 heterocycles. The molecule has 6 N–H and O–H groups in total. The topological polar surface area (TPSA) is 209 Å². The number of hydrogen-bond donors (Lipinski definition) is 4. The Morgan fingerprint density at radius 2 is 1.60 bits per heavy atom. The van der Waals surface area contributed by atoms with E-state index in [2.05, 4.69) is 35.8 Å². The largest absolute Gasteiger partial charge is 0.366 e. The summed E-state index contributed by atoms with van der Waals surface area (Å²) in [4.78, 5) is 51.7. The summed E-state index contributed by atoms with van der Waals surface area (Å²) < 4.78 is 4.72. The minimum absolute atomic E-state index is 0.0732. The summed E-state index contributed by atoms with van der Waals surface area (Å²) in [7, 11) is 0. The summed E-state index contributed by atoms with van der Waals surface area (Å²) in [6.07, 6.45) is 0.521. The number of nitrogens with zero attached hydrogens (tertiary/aromatic N) is 9. The molecule has 0 saturated heterocycles. The molecular formula is C26H35N13O3. The van der Waals surface area contributed by atoms with Crippen molar-refractivity contribution >= 4 is 40.8 Å². The van der Waals surface area contributed by atoms with Crippen molar-refractivity contribution in [3.63, 3.8) is 0 Å². The number of primary amides is 1. The number of nitrogens with two attached hydrogens (primary N) is 2. The zero-order valence-electron chi connectivity index (χ0n) is 24.4. The number of aliphatic imine (C=N–C) groups is 1. The van der Waals surface area contributed by atoms with Crippen LogP contribution in [0.2, 0.25) is 0 Å². The molecule has 0 aliphatic heterocycles. The molecule has 16 nitrogen and oxygen atoms in total. The van der Waals surface area contributed by atoms with Gasteiger partial charge in [0.05, 0.1) is 17.0 Å². The number of imidazole rings is 1. The lowest BCUT2D eigenvalue weighted by molar-refractivity contribution is 0.0956. The highest BCUT2D eigenvalue weighted by atomic mass is 16.2. The zero-order chi connectivity index (χ0) is 30.7. The third kappa shape index (κ3) is 5.83. The molecule has 42 heavy (non-hydrogen) atoms. The minimum Gasteiger partial charge on any atom is -0.366 e. The number of anilines is 1. The number of carbonyl (C=O) groups is 3. The van der Waals surface area contributed by atoms with Gasteiger partial charge in [-0.3, -0.25) is 48.9 Å². The van der Waals surface area contributed by atoms with Gasteiger partial charge in [0.1, 0.15) is 23.1 Å². The first kappa shape index (κ1) is 29.9. The Hall–Kier alpha value is -5.12. The van der Waals surface area contributed by atoms with E-state index in [0.717, 1.165) is 0 Å². The number of nitrogens with one attached hydrogen (secondary N) is 2. The lowest BCUT2D eigenvalue weighted by Crippen LogP contribution is -2.51. The quantitative estimate of drug-likeness (QED) is 0.0977. The highest BCUT2D eigenvalue weighted by Gasteiger charge is 2.27. The molecule has 0 aromatic carbocycles. The first-order chi connectivity index (χ1) is 20.0. The predicted molar refractivity (Wildman–Crippen MR) is 155 cm³/mol. The summed E-state index contributed by atoms with van der Waals surface area (Å²) in [5, 5.41) is 15.5. The summed E-state index contributed by atoms with van der Waals surface area (Å²) in [5.74, 6) is 5.15. The maximum Gasteiger partial charge on any atom is 0.276 e. The number of aromatic nitrogens is 7. The van der Waals surface area contributed by atoms with Crippen molar-refractivity contribution in [2.75, 3.05) is 11.9 Å². The van der Waals surface area contributed by atoms with Crippen molar-refractivity contribution in [2.24, 2.45) is 16.6 Å². The third-order valence-electron chi connectivity index (χ3n) is 6.46. The number of fused-ring (bicyclic) bond motifs is 1. The molecule has 0 aliphatic carbocycles. The molecule has 3 amide bonds. The molecule has 1 atom stereocenters. The number of carbonyl (C=O) groups excluding carboxylic acids is 3. The van der Waals surface area contributed by atoms with Crippen LogP contribution in [0.4, 0.5) is 5.95 Å². The Morgan fingerprint density at radius 3 is 2.14 bits per heavy atom. The molecule has 0 spiro atoms. The fraction of sp³-hybridized carbons (Fsp3) is 0.385. The van der Waals surface area contributed by atoms with Crippen LogP contribution in [0.25, 0.3) is 11.2 Å². The van der Waals surface area contributed by atoms with Gasteiger partial charge in [-0.2, -0.15) is 10.2 Å². The Balaban J connectivity index is 1.74. The van der Waals surface area contributed by atoms with Gasteiger partial charge in [0, 0.05) is 25.8 Å². The monoisotopic (exact) mass is 577 g/mol. The van der Waals surface area contributed by atoms with E-state index in [0.29, 0.717) is 53.6 Å². The molecule has 4 aromatic heterocycles. The molecule has 0 aliphatic rings. The summed E-state index contributed by atoms with van der Waals surface area (Å²) in [6, 6.07) is 4.81. The molecule has 16 heteroatoms. The molecule has 0 fully saturated rings. The Kier molecular flexibility index (Phi) is 8.65. The second-order valence-electron chi connectivity index (χ2n) is 9.46. The number of amides is 3. The van der Waals surface area contributed by atoms with Crippen molar-refractivity contribution in [3.05, 3.63) is 52.7 Å². The van der Waals surface area contributed by atoms with Crippen molar-refractivity contribution in [3.8, 4) is 0 Å². The average Bonchev–Trinajstić information content (AvgIpc) is 3.64. The SMILES string of the molecule is CC/N=C(/NC(=O)c1cc(C)nn1CC)N(N)C(C)n1c(NC(=O)c2cc(C)nn2CC)nc2cc(C(N)=O)cnc21. The third-order valence-corrected chi connectivity index (χ3v) is 6.46. The summed E-state index contributed by atoms with van der Waals surface area (Å²) in [6.45, 7) is 12.2. The second kappa shape index (κ2) is 12.2. The van der Waals surface area contributed by atoms with Crippen LogP contribution in [0.15, 0.2) is 29.4 Å². The Morgan fingerprint density at radius 1 is 1.00 bits per heavy atom. The first-order valence-corrected chi connectivity index (χ1v) is 13.5. The zero-order valence-corrected chi connectivity index (χ0v) is 24.4. The lowest BCUT2D eigenvalue weighted by Gasteiger charge is -2.29. The van der Waals surface area contributed by atoms with Gasteiger partial charge in [-0.15, -0.1) is 0 Å². The van der Waals surface area contributed by atoms with Gasteiger partial charge in [0.2, 0.25) is 17.8 Å². The van der Waals surface area contributed by atoms with E-state index < -0.39 is 23.9 Å². The number of aryl methyl sites for hydroxylation is 4. The molecule has 0 saturated carbocycles. The number of guanidine groups is 1. The van der Waals surface area contributed by atoms with E-state index >= 15 is 0 Å². The van der Waals surface area contributed by atoms with E-state index in [1.54, 1.807) is 53.8 Å². The van der Waals surface area contributed by atoms with Crippen LogP contribution < -0.4 is 22.2 Å². The van der Waals surface area contributed by atoms with E-state index in [1.807, 2.05) is 13.8 Å². The predicted octanol–water partition coefficient (Wildman–Crippen LogP) is 1.33. The normalized spacial score (nSPS) is 12.4. The van der Waals surface area contributed by atoms with E-state index in [-0.39, 0.29) is 17.5 Å². The summed E-state index contributed by atoms with van der Waals surface area (Å²) >= 11 is 0. The number of hydrazine groups is 1. The summed E-state index contributed by atoms with van der Waals surface area (Å²) in [5.41, 5.74) is 8.26. The number of rotatable bonds is 9. The van der Waals surface area contributed by atoms with Gasteiger partial charge in [0.15, 0.2) is 5.65 Å². The van der Waals surface area contributed by atoms with Crippen LogP contribution in [0.5, 0.6) is 0 Å². The maximum absolute atomic E-state index is 13.4. The Labute approximate surface area is 241 Å². The van der Waals surface area contributed by atoms with E-state index in [9.17, 15) is 14.4 Å². The smallest absolute Gasteiger partial charge is 0.276 e. The molecule has 4 rings (SSSR count). The second-order valence-corrected chi connectivity index (χ2v) is 9.46. The molecule has 4 aromatic rings. The van der Waals surface area contributed by atoms with Crippen LogP contribution in [-0.2, 0) is 13.1 Å². The fourth-order valence-electron chi connectivity index (χ4n) is 4.47. The van der Waals surface area contributed by atoms with Crippen LogP contribution >= 0.6 is 0 Å². The highest BCUT2D eigenvalue weighted by molar-refractivity contribution is 6.05. The van der Waals surface area contributed by atoms with Crippen molar-refractivity contribution < 1.29 is 14.4 Å². The first-order valence-electron chi connectivity index (χ1n) is 13.5. The van der Waals surface area contributed by atoms with Gasteiger partial charge >= 0.3 is 0 Å². The van der Waals surface area contributed by atoms with Gasteiger partial charge in [-0.05, 0) is 59.7 Å². The van der Waals surface area contributed by atoms with Crippen molar-refractivity contribution in [1.29, 1.82) is 0 Å². The lowest BCUT2D eigenvalue weighted by atomic mass is 10.2. The van der Waals surface area contributed by atoms with E-state index in [4.69, 9.17) is 11.6 Å². The minimum atomic E-state index is -0.793.